The van der Waals surface area contributed by atoms with Crippen LogP contribution >= 0.6 is 0 Å². The van der Waals surface area contributed by atoms with Gasteiger partial charge in [-0.3, -0.25) is 9.59 Å². The first kappa shape index (κ1) is 16.9. The van der Waals surface area contributed by atoms with E-state index in [9.17, 15) is 19.2 Å². The molecule has 0 aromatic carbocycles. The first-order valence-electron chi connectivity index (χ1n) is 6.64. The monoisotopic (exact) mass is 328 g/mol. The maximum absolute atomic E-state index is 12.0. The van der Waals surface area contributed by atoms with Crippen LogP contribution in [0.3, 0.4) is 0 Å². The summed E-state index contributed by atoms with van der Waals surface area (Å²) < 4.78 is 24.2. The third-order valence-corrected chi connectivity index (χ3v) is 3.95. The molecule has 0 spiro atoms. The van der Waals surface area contributed by atoms with Gasteiger partial charge < -0.3 is 23.7 Å². The molecule has 2 aliphatic rings. The first-order chi connectivity index (χ1) is 10.9. The molecule has 0 unspecified atom stereocenters. The Balaban J connectivity index is 2.58. The van der Waals surface area contributed by atoms with Gasteiger partial charge in [-0.15, -0.1) is 0 Å². The standard InChI is InChI=1S/C14H16O9/c1-19-11(15)5-6(12(16)20-2)10-8(14(18)22-4)7(9(5)23-10)13(17)21-3/h5-6,9-10H,1-4H3/t5-,6+,9+,10-. The highest BCUT2D eigenvalue weighted by Gasteiger charge is 2.63. The molecule has 1 saturated heterocycles. The molecule has 2 bridgehead atoms. The van der Waals surface area contributed by atoms with Crippen molar-refractivity contribution in [1.29, 1.82) is 0 Å². The Morgan fingerprint density at radius 1 is 0.696 bits per heavy atom. The topological polar surface area (TPSA) is 114 Å². The van der Waals surface area contributed by atoms with Gasteiger partial charge in [0.1, 0.15) is 24.0 Å². The molecule has 0 N–H and O–H groups in total. The average Bonchev–Trinajstić information content (AvgIpc) is 3.14. The largest absolute Gasteiger partial charge is 0.469 e. The summed E-state index contributed by atoms with van der Waals surface area (Å²) >= 11 is 0. The number of ether oxygens (including phenoxy) is 5. The SMILES string of the molecule is COC(=O)C1=C(C(=O)OC)[C@@H]2O[C@H]1[C@H](C(=O)OC)[C@@H]2C(=O)OC. The number of carbonyl (C=O) groups is 4. The fourth-order valence-corrected chi connectivity index (χ4v) is 2.99. The number of fused-ring (bicyclic) bond motifs is 2. The van der Waals surface area contributed by atoms with E-state index in [1.807, 2.05) is 0 Å². The van der Waals surface area contributed by atoms with E-state index in [1.54, 1.807) is 0 Å². The van der Waals surface area contributed by atoms with E-state index < -0.39 is 47.9 Å². The van der Waals surface area contributed by atoms with Gasteiger partial charge in [0.15, 0.2) is 0 Å². The summed E-state index contributed by atoms with van der Waals surface area (Å²) in [6.07, 6.45) is -2.28. The van der Waals surface area contributed by atoms with Gasteiger partial charge in [0.2, 0.25) is 0 Å². The van der Waals surface area contributed by atoms with Crippen molar-refractivity contribution in [2.45, 2.75) is 12.2 Å². The zero-order chi connectivity index (χ0) is 17.3. The highest BCUT2D eigenvalue weighted by molar-refractivity contribution is 6.05. The minimum Gasteiger partial charge on any atom is -0.469 e. The van der Waals surface area contributed by atoms with E-state index >= 15 is 0 Å². The van der Waals surface area contributed by atoms with E-state index in [0.29, 0.717) is 0 Å². The summed E-state index contributed by atoms with van der Waals surface area (Å²) in [5, 5.41) is 0. The molecule has 2 rings (SSSR count). The Bertz CT molecular complexity index is 541. The van der Waals surface area contributed by atoms with Gasteiger partial charge in [-0.1, -0.05) is 0 Å². The number of carbonyl (C=O) groups excluding carboxylic acids is 4. The lowest BCUT2D eigenvalue weighted by Gasteiger charge is -2.26. The lowest BCUT2D eigenvalue weighted by Crippen LogP contribution is -2.43. The molecule has 2 heterocycles. The van der Waals surface area contributed by atoms with Crippen LogP contribution in [0.4, 0.5) is 0 Å². The lowest BCUT2D eigenvalue weighted by molar-refractivity contribution is -0.157. The molecule has 0 saturated carbocycles. The molecule has 0 radical (unpaired) electrons. The van der Waals surface area contributed by atoms with E-state index in [4.69, 9.17) is 4.74 Å². The van der Waals surface area contributed by atoms with Crippen LogP contribution in [-0.4, -0.2) is 64.5 Å². The molecular weight excluding hydrogens is 312 g/mol. The minimum atomic E-state index is -1.14. The Morgan fingerprint density at radius 2 is 1.04 bits per heavy atom. The Kier molecular flexibility index (Phi) is 4.69. The van der Waals surface area contributed by atoms with Crippen LogP contribution in [0.2, 0.25) is 0 Å². The van der Waals surface area contributed by atoms with Gasteiger partial charge in [-0.2, -0.15) is 0 Å². The Hall–Kier alpha value is -2.42. The van der Waals surface area contributed by atoms with Gasteiger partial charge >= 0.3 is 23.9 Å². The van der Waals surface area contributed by atoms with Crippen molar-refractivity contribution in [2.75, 3.05) is 28.4 Å². The number of rotatable bonds is 4. The van der Waals surface area contributed by atoms with E-state index in [-0.39, 0.29) is 11.1 Å². The quantitative estimate of drug-likeness (QED) is 0.473. The summed E-state index contributed by atoms with van der Waals surface area (Å²) in [5.41, 5.74) is -0.278. The van der Waals surface area contributed by atoms with Crippen molar-refractivity contribution in [1.82, 2.24) is 0 Å². The summed E-state index contributed by atoms with van der Waals surface area (Å²) in [6.45, 7) is 0. The number of hydrogen-bond acceptors (Lipinski definition) is 9. The summed E-state index contributed by atoms with van der Waals surface area (Å²) in [6, 6.07) is 0. The van der Waals surface area contributed by atoms with Crippen molar-refractivity contribution < 1.29 is 42.9 Å². The molecule has 4 atom stereocenters. The maximum atomic E-state index is 12.0. The third-order valence-electron chi connectivity index (χ3n) is 3.95. The fourth-order valence-electron chi connectivity index (χ4n) is 2.99. The van der Waals surface area contributed by atoms with Crippen LogP contribution in [0.15, 0.2) is 11.1 Å². The minimum absolute atomic E-state index is 0.139. The molecule has 0 aliphatic carbocycles. The third kappa shape index (κ3) is 2.46. The molecule has 0 aromatic rings. The molecule has 126 valence electrons. The first-order valence-corrected chi connectivity index (χ1v) is 6.64. The van der Waals surface area contributed by atoms with Crippen LogP contribution in [-0.2, 0) is 42.9 Å². The second-order valence-corrected chi connectivity index (χ2v) is 4.89. The van der Waals surface area contributed by atoms with Gasteiger partial charge in [-0.05, 0) is 0 Å². The molecule has 2 aliphatic heterocycles. The van der Waals surface area contributed by atoms with Crippen molar-refractivity contribution >= 4 is 23.9 Å². The predicted molar refractivity (Wildman–Crippen MR) is 70.7 cm³/mol. The van der Waals surface area contributed by atoms with Crippen LogP contribution in [0.5, 0.6) is 0 Å². The number of esters is 4. The van der Waals surface area contributed by atoms with Crippen LogP contribution in [0.25, 0.3) is 0 Å². The molecule has 0 aromatic heterocycles. The maximum Gasteiger partial charge on any atom is 0.337 e. The highest BCUT2D eigenvalue weighted by Crippen LogP contribution is 2.48. The van der Waals surface area contributed by atoms with Crippen molar-refractivity contribution in [2.24, 2.45) is 11.8 Å². The van der Waals surface area contributed by atoms with Crippen LogP contribution in [0, 0.1) is 11.8 Å². The van der Waals surface area contributed by atoms with Crippen LogP contribution < -0.4 is 0 Å². The Morgan fingerprint density at radius 3 is 1.30 bits per heavy atom. The normalized spacial score (nSPS) is 28.3. The molecule has 0 amide bonds. The van der Waals surface area contributed by atoms with Crippen LogP contribution in [0.1, 0.15) is 0 Å². The second kappa shape index (κ2) is 6.37. The van der Waals surface area contributed by atoms with Crippen molar-refractivity contribution in [3.63, 3.8) is 0 Å². The predicted octanol–water partition coefficient (Wildman–Crippen LogP) is -1.01. The summed E-state index contributed by atoms with van der Waals surface area (Å²) in [7, 11) is 4.54. The Labute approximate surface area is 131 Å². The fraction of sp³-hybridized carbons (Fsp3) is 0.571. The van der Waals surface area contributed by atoms with Crippen molar-refractivity contribution in [3.8, 4) is 0 Å². The van der Waals surface area contributed by atoms with Gasteiger partial charge in [0.05, 0.1) is 39.6 Å². The van der Waals surface area contributed by atoms with E-state index in [2.05, 4.69) is 18.9 Å². The smallest absolute Gasteiger partial charge is 0.337 e. The molecule has 23 heavy (non-hydrogen) atoms. The number of methoxy groups -OCH3 is 4. The molecular formula is C14H16O9. The van der Waals surface area contributed by atoms with Gasteiger partial charge in [0.25, 0.3) is 0 Å². The zero-order valence-electron chi connectivity index (χ0n) is 13.0. The summed E-state index contributed by atoms with van der Waals surface area (Å²) in [5.74, 6) is -5.40. The van der Waals surface area contributed by atoms with E-state index in [1.165, 1.54) is 0 Å². The highest BCUT2D eigenvalue weighted by atomic mass is 16.6. The van der Waals surface area contributed by atoms with E-state index in [0.717, 1.165) is 28.4 Å². The lowest BCUT2D eigenvalue weighted by atomic mass is 9.75. The zero-order valence-corrected chi connectivity index (χ0v) is 13.0. The van der Waals surface area contributed by atoms with Gasteiger partial charge in [-0.25, -0.2) is 9.59 Å². The number of hydrogen-bond donors (Lipinski definition) is 0. The molecule has 9 heteroatoms. The average molecular weight is 328 g/mol. The summed E-state index contributed by atoms with van der Waals surface area (Å²) in [4.78, 5) is 48.1. The van der Waals surface area contributed by atoms with Crippen molar-refractivity contribution in [3.05, 3.63) is 11.1 Å². The van der Waals surface area contributed by atoms with Gasteiger partial charge in [0, 0.05) is 0 Å². The second-order valence-electron chi connectivity index (χ2n) is 4.89. The molecule has 9 nitrogen and oxygen atoms in total. The molecule has 1 fully saturated rings.